The maximum absolute atomic E-state index is 12.8. The van der Waals surface area contributed by atoms with Gasteiger partial charge in [0, 0.05) is 0 Å². The Morgan fingerprint density at radius 2 is 1.17 bits per heavy atom. The van der Waals surface area contributed by atoms with E-state index in [1.54, 1.807) is 4.90 Å². The standard InChI is InChI=1S/C19H22N2O2/c1-12-7-5-8-13(2)18(12)21(17(23)11-16(20)22)19-14(3)9-6-10-15(19)4/h5-10H,11H2,1-4H3,(H2,20,22). The van der Waals surface area contributed by atoms with E-state index in [-0.39, 0.29) is 12.3 Å². The lowest BCUT2D eigenvalue weighted by Crippen LogP contribution is -2.32. The largest absolute Gasteiger partial charge is 0.369 e. The molecule has 0 spiro atoms. The zero-order valence-corrected chi connectivity index (χ0v) is 14.0. The zero-order valence-electron chi connectivity index (χ0n) is 14.0. The molecule has 23 heavy (non-hydrogen) atoms. The summed E-state index contributed by atoms with van der Waals surface area (Å²) in [5.41, 5.74) is 10.8. The second-order valence-corrected chi connectivity index (χ2v) is 5.85. The number of carbonyl (C=O) groups excluding carboxylic acids is 2. The van der Waals surface area contributed by atoms with Crippen LogP contribution in [-0.2, 0) is 9.59 Å². The molecule has 2 aromatic rings. The molecule has 0 aliphatic carbocycles. The SMILES string of the molecule is Cc1cccc(C)c1N(C(=O)CC(N)=O)c1c(C)cccc1C. The van der Waals surface area contributed by atoms with Crippen molar-refractivity contribution in [1.29, 1.82) is 0 Å². The molecule has 0 bridgehead atoms. The number of anilines is 2. The van der Waals surface area contributed by atoms with Gasteiger partial charge in [0.05, 0.1) is 11.4 Å². The molecule has 4 heteroatoms. The third kappa shape index (κ3) is 3.42. The van der Waals surface area contributed by atoms with E-state index in [2.05, 4.69) is 0 Å². The van der Waals surface area contributed by atoms with Gasteiger partial charge in [-0.2, -0.15) is 0 Å². The Labute approximate surface area is 136 Å². The Bertz CT molecular complexity index is 674. The second-order valence-electron chi connectivity index (χ2n) is 5.85. The normalized spacial score (nSPS) is 10.4. The zero-order chi connectivity index (χ0) is 17.1. The smallest absolute Gasteiger partial charge is 0.241 e. The lowest BCUT2D eigenvalue weighted by atomic mass is 10.0. The molecule has 0 aliphatic rings. The van der Waals surface area contributed by atoms with Gasteiger partial charge in [0.15, 0.2) is 0 Å². The average Bonchev–Trinajstić information content (AvgIpc) is 2.44. The number of amides is 2. The van der Waals surface area contributed by atoms with Gasteiger partial charge in [0.25, 0.3) is 0 Å². The van der Waals surface area contributed by atoms with Crippen molar-refractivity contribution >= 4 is 23.2 Å². The van der Waals surface area contributed by atoms with Crippen LogP contribution in [0.2, 0.25) is 0 Å². The molecule has 0 saturated heterocycles. The van der Waals surface area contributed by atoms with Crippen molar-refractivity contribution in [3.63, 3.8) is 0 Å². The highest BCUT2D eigenvalue weighted by molar-refractivity contribution is 6.10. The van der Waals surface area contributed by atoms with Gasteiger partial charge < -0.3 is 5.73 Å². The lowest BCUT2D eigenvalue weighted by Gasteiger charge is -2.29. The van der Waals surface area contributed by atoms with E-state index in [9.17, 15) is 9.59 Å². The van der Waals surface area contributed by atoms with Crippen LogP contribution in [0.25, 0.3) is 0 Å². The minimum Gasteiger partial charge on any atom is -0.369 e. The van der Waals surface area contributed by atoms with Gasteiger partial charge in [-0.25, -0.2) is 0 Å². The molecular formula is C19H22N2O2. The summed E-state index contributed by atoms with van der Waals surface area (Å²) < 4.78 is 0. The van der Waals surface area contributed by atoms with E-state index < -0.39 is 5.91 Å². The predicted octanol–water partition coefficient (Wildman–Crippen LogP) is 3.46. The third-order valence-corrected chi connectivity index (χ3v) is 3.90. The fraction of sp³-hybridized carbons (Fsp3) is 0.263. The van der Waals surface area contributed by atoms with Crippen LogP contribution in [-0.4, -0.2) is 11.8 Å². The number of para-hydroxylation sites is 2. The molecule has 0 heterocycles. The molecule has 0 saturated carbocycles. The summed E-state index contributed by atoms with van der Waals surface area (Å²) in [4.78, 5) is 25.7. The number of benzene rings is 2. The van der Waals surface area contributed by atoms with Crippen LogP contribution in [0.5, 0.6) is 0 Å². The van der Waals surface area contributed by atoms with Crippen molar-refractivity contribution in [2.24, 2.45) is 5.73 Å². The third-order valence-electron chi connectivity index (χ3n) is 3.90. The molecule has 0 aromatic heterocycles. The average molecular weight is 310 g/mol. The quantitative estimate of drug-likeness (QED) is 0.879. The van der Waals surface area contributed by atoms with Crippen LogP contribution in [0, 0.1) is 27.7 Å². The molecule has 4 nitrogen and oxygen atoms in total. The van der Waals surface area contributed by atoms with Gasteiger partial charge in [0.2, 0.25) is 11.8 Å². The van der Waals surface area contributed by atoms with Gasteiger partial charge in [-0.05, 0) is 49.9 Å². The Morgan fingerprint density at radius 3 is 1.48 bits per heavy atom. The number of hydrogen-bond donors (Lipinski definition) is 1. The van der Waals surface area contributed by atoms with E-state index in [0.29, 0.717) is 0 Å². The van der Waals surface area contributed by atoms with Gasteiger partial charge in [0.1, 0.15) is 6.42 Å². The minimum atomic E-state index is -0.627. The molecule has 2 rings (SSSR count). The number of primary amides is 1. The van der Waals surface area contributed by atoms with Crippen LogP contribution >= 0.6 is 0 Å². The monoisotopic (exact) mass is 310 g/mol. The summed E-state index contributed by atoms with van der Waals surface area (Å²) >= 11 is 0. The van der Waals surface area contributed by atoms with Gasteiger partial charge in [-0.3, -0.25) is 14.5 Å². The van der Waals surface area contributed by atoms with Crippen molar-refractivity contribution in [2.75, 3.05) is 4.90 Å². The number of rotatable bonds is 4. The van der Waals surface area contributed by atoms with Gasteiger partial charge >= 0.3 is 0 Å². The van der Waals surface area contributed by atoms with Crippen molar-refractivity contribution in [2.45, 2.75) is 34.1 Å². The number of aryl methyl sites for hydroxylation is 4. The summed E-state index contributed by atoms with van der Waals surface area (Å²) in [5.74, 6) is -0.940. The molecule has 2 aromatic carbocycles. The van der Waals surface area contributed by atoms with Crippen LogP contribution in [0.4, 0.5) is 11.4 Å². The highest BCUT2D eigenvalue weighted by Gasteiger charge is 2.25. The van der Waals surface area contributed by atoms with Crippen molar-refractivity contribution in [3.8, 4) is 0 Å². The molecule has 2 amide bonds. The molecule has 0 fully saturated rings. The van der Waals surface area contributed by atoms with E-state index >= 15 is 0 Å². The Kier molecular flexibility index (Phi) is 4.84. The number of nitrogens with two attached hydrogens (primary N) is 1. The van der Waals surface area contributed by atoms with Gasteiger partial charge in [-0.15, -0.1) is 0 Å². The summed E-state index contributed by atoms with van der Waals surface area (Å²) in [5, 5.41) is 0. The van der Waals surface area contributed by atoms with Crippen LogP contribution in [0.1, 0.15) is 28.7 Å². The van der Waals surface area contributed by atoms with Crippen LogP contribution in [0.3, 0.4) is 0 Å². The fourth-order valence-corrected chi connectivity index (χ4v) is 2.91. The van der Waals surface area contributed by atoms with E-state index in [1.807, 2.05) is 64.1 Å². The van der Waals surface area contributed by atoms with Crippen LogP contribution in [0.15, 0.2) is 36.4 Å². The first-order chi connectivity index (χ1) is 10.8. The number of hydrogen-bond acceptors (Lipinski definition) is 2. The van der Waals surface area contributed by atoms with Crippen LogP contribution < -0.4 is 10.6 Å². The highest BCUT2D eigenvalue weighted by Crippen LogP contribution is 2.36. The van der Waals surface area contributed by atoms with Crippen molar-refractivity contribution in [1.82, 2.24) is 0 Å². The first-order valence-corrected chi connectivity index (χ1v) is 7.56. The van der Waals surface area contributed by atoms with E-state index in [0.717, 1.165) is 33.6 Å². The first kappa shape index (κ1) is 16.7. The lowest BCUT2D eigenvalue weighted by molar-refractivity contribution is -0.125. The predicted molar refractivity (Wildman–Crippen MR) is 92.8 cm³/mol. The topological polar surface area (TPSA) is 63.4 Å². The van der Waals surface area contributed by atoms with Crippen molar-refractivity contribution < 1.29 is 9.59 Å². The minimum absolute atomic E-state index is 0.313. The summed E-state index contributed by atoms with van der Waals surface area (Å²) in [7, 11) is 0. The molecule has 0 atom stereocenters. The maximum Gasteiger partial charge on any atom is 0.241 e. The summed E-state index contributed by atoms with van der Waals surface area (Å²) in [6.45, 7) is 7.84. The summed E-state index contributed by atoms with van der Waals surface area (Å²) in [6.07, 6.45) is -0.318. The molecular weight excluding hydrogens is 288 g/mol. The molecule has 0 aliphatic heterocycles. The maximum atomic E-state index is 12.8. The molecule has 0 unspecified atom stereocenters. The van der Waals surface area contributed by atoms with Gasteiger partial charge in [-0.1, -0.05) is 36.4 Å². The molecule has 2 N–H and O–H groups in total. The van der Waals surface area contributed by atoms with E-state index in [1.165, 1.54) is 0 Å². The molecule has 120 valence electrons. The molecule has 0 radical (unpaired) electrons. The highest BCUT2D eigenvalue weighted by atomic mass is 16.2. The van der Waals surface area contributed by atoms with E-state index in [4.69, 9.17) is 5.73 Å². The fourth-order valence-electron chi connectivity index (χ4n) is 2.91. The second kappa shape index (κ2) is 6.65. The first-order valence-electron chi connectivity index (χ1n) is 7.56. The summed E-state index contributed by atoms with van der Waals surface area (Å²) in [6, 6.07) is 11.7. The Hall–Kier alpha value is -2.62. The number of nitrogens with zero attached hydrogens (tertiary/aromatic N) is 1. The van der Waals surface area contributed by atoms with Crippen molar-refractivity contribution in [3.05, 3.63) is 58.7 Å². The Balaban J connectivity index is 2.71. The number of carbonyl (C=O) groups is 2. The Morgan fingerprint density at radius 1 is 0.826 bits per heavy atom.